The number of aliphatic carboxylic acids is 1. The number of hydrogen-bond donors (Lipinski definition) is 4. The van der Waals surface area contributed by atoms with Gasteiger partial charge in [0.2, 0.25) is 5.91 Å². The number of nitro benzene ring substituents is 1. The van der Waals surface area contributed by atoms with E-state index in [0.717, 1.165) is 41.9 Å². The van der Waals surface area contributed by atoms with Gasteiger partial charge in [0.1, 0.15) is 22.5 Å². The Labute approximate surface area is 390 Å². The first-order valence-electron chi connectivity index (χ1n) is 22.6. The third-order valence-corrected chi connectivity index (χ3v) is 12.8. The van der Waals surface area contributed by atoms with E-state index in [1.54, 1.807) is 31.2 Å². The molecule has 0 aliphatic carbocycles. The summed E-state index contributed by atoms with van der Waals surface area (Å²) in [5.41, 5.74) is 1.52. The van der Waals surface area contributed by atoms with Gasteiger partial charge in [-0.3, -0.25) is 43.8 Å². The fourth-order valence-corrected chi connectivity index (χ4v) is 8.56. The van der Waals surface area contributed by atoms with Crippen LogP contribution in [0.5, 0.6) is 5.75 Å². The molecule has 3 amide bonds. The van der Waals surface area contributed by atoms with Gasteiger partial charge in [-0.15, -0.1) is 11.3 Å². The number of ether oxygens (including phenoxy) is 2. The molecule has 3 aromatic rings. The third-order valence-electron chi connectivity index (χ3n) is 11.8. The molecule has 2 aromatic carbocycles. The lowest BCUT2D eigenvalue weighted by Gasteiger charge is -2.39. The number of non-ortho nitro benzene ring substituents is 1. The smallest absolute Gasteiger partial charge is 0.306 e. The van der Waals surface area contributed by atoms with Crippen molar-refractivity contribution in [1.82, 2.24) is 25.6 Å². The summed E-state index contributed by atoms with van der Waals surface area (Å²) in [7, 11) is 1.90. The molecule has 19 heteroatoms. The first-order valence-corrected chi connectivity index (χ1v) is 23.5. The third kappa shape index (κ3) is 16.1. The van der Waals surface area contributed by atoms with E-state index in [1.165, 1.54) is 41.6 Å². The number of aromatic nitrogens is 1. The number of rotatable bonds is 26. The zero-order chi connectivity index (χ0) is 48.5. The van der Waals surface area contributed by atoms with Crippen molar-refractivity contribution in [3.63, 3.8) is 0 Å². The van der Waals surface area contributed by atoms with Crippen molar-refractivity contribution in [3.8, 4) is 5.75 Å². The maximum absolute atomic E-state index is 14.9. The standard InChI is InChI=1S/C47H66N6O12S/c1-8-30(4)42(50-44(57)39-12-9-10-21-51(39)7)46(58)52(64-23-11-22-63-27-34-13-17-36(18-14-34)53(61)62)40(29(2)3)26-41(65-32(6)54)45-49-38(28-66-45)43(56)48-35(24-31(5)47(59)60)25-33-15-19-37(55)20-16-33/h13-20,28-31,35,39-42,55H,8-12,21-27H2,1-7H3,(H,48,56)(H,50,57)(H,59,60)/t30-,31-,35+,39+,40+,41+,42-/m0/s1. The molecule has 1 aliphatic heterocycles. The first kappa shape index (κ1) is 53.1. The number of likely N-dealkylation sites (tertiary alicyclic amines) is 1. The Hall–Kier alpha value is -5.50. The van der Waals surface area contributed by atoms with Crippen LogP contribution in [-0.4, -0.2) is 111 Å². The lowest BCUT2D eigenvalue weighted by molar-refractivity contribution is -0.384. The van der Waals surface area contributed by atoms with Gasteiger partial charge in [0.25, 0.3) is 17.5 Å². The molecule has 362 valence electrons. The Morgan fingerprint density at radius 2 is 1.67 bits per heavy atom. The van der Waals surface area contributed by atoms with Gasteiger partial charge in [0, 0.05) is 43.5 Å². The van der Waals surface area contributed by atoms with Crippen molar-refractivity contribution in [3.05, 3.63) is 85.9 Å². The van der Waals surface area contributed by atoms with Crippen LogP contribution in [-0.2, 0) is 46.5 Å². The second-order valence-corrected chi connectivity index (χ2v) is 18.3. The van der Waals surface area contributed by atoms with Gasteiger partial charge in [0.05, 0.1) is 36.1 Å². The van der Waals surface area contributed by atoms with Crippen LogP contribution in [0.4, 0.5) is 5.69 Å². The first-order chi connectivity index (χ1) is 31.4. The van der Waals surface area contributed by atoms with Crippen LogP contribution in [0.1, 0.15) is 119 Å². The van der Waals surface area contributed by atoms with Gasteiger partial charge in [-0.25, -0.2) is 10.0 Å². The number of phenols is 1. The number of nitrogens with one attached hydrogen (secondary N) is 2. The molecule has 0 radical (unpaired) electrons. The van der Waals surface area contributed by atoms with Crippen molar-refractivity contribution in [2.24, 2.45) is 17.8 Å². The molecule has 1 fully saturated rings. The highest BCUT2D eigenvalue weighted by molar-refractivity contribution is 7.09. The fourth-order valence-electron chi connectivity index (χ4n) is 7.72. The SMILES string of the molecule is CC[C@H](C)[C@H](NC(=O)[C@H]1CCCCN1C)C(=O)N(OCCCOCc1ccc([N+](=O)[O-])cc1)[C@H](C[C@@H](OC(C)=O)c1nc(C(=O)N[C@@H](Cc2ccc(O)cc2)C[C@H](C)C(=O)O)cs1)C(C)C. The summed E-state index contributed by atoms with van der Waals surface area (Å²) in [6.45, 7) is 11.7. The highest BCUT2D eigenvalue weighted by Gasteiger charge is 2.40. The number of carbonyl (C=O) groups is 5. The van der Waals surface area contributed by atoms with Gasteiger partial charge < -0.3 is 30.3 Å². The number of carbonyl (C=O) groups excluding carboxylic acids is 4. The number of likely N-dealkylation sites (N-methyl/N-ethyl adjacent to an activating group) is 1. The summed E-state index contributed by atoms with van der Waals surface area (Å²) < 4.78 is 11.7. The second kappa shape index (κ2) is 26.0. The van der Waals surface area contributed by atoms with Crippen LogP contribution < -0.4 is 10.6 Å². The van der Waals surface area contributed by atoms with Crippen LogP contribution in [0.15, 0.2) is 53.9 Å². The van der Waals surface area contributed by atoms with E-state index in [-0.39, 0.29) is 79.0 Å². The van der Waals surface area contributed by atoms with E-state index < -0.39 is 64.9 Å². The van der Waals surface area contributed by atoms with Gasteiger partial charge in [0.15, 0.2) is 6.10 Å². The molecule has 4 rings (SSSR count). The normalized spacial score (nSPS) is 16.9. The van der Waals surface area contributed by atoms with E-state index in [2.05, 4.69) is 15.6 Å². The van der Waals surface area contributed by atoms with Crippen molar-refractivity contribution in [2.45, 2.75) is 130 Å². The molecule has 0 spiro atoms. The van der Waals surface area contributed by atoms with E-state index in [9.17, 15) is 44.3 Å². The number of benzene rings is 2. The topological polar surface area (TPSA) is 240 Å². The van der Waals surface area contributed by atoms with E-state index in [4.69, 9.17) is 14.3 Å². The molecule has 0 bridgehead atoms. The quantitative estimate of drug-likeness (QED) is 0.0287. The maximum atomic E-state index is 14.9. The zero-order valence-electron chi connectivity index (χ0n) is 39.0. The summed E-state index contributed by atoms with van der Waals surface area (Å²) in [5.74, 6) is -4.20. The monoisotopic (exact) mass is 938 g/mol. The summed E-state index contributed by atoms with van der Waals surface area (Å²) in [4.78, 5) is 90.5. The van der Waals surface area contributed by atoms with Gasteiger partial charge in [-0.1, -0.05) is 59.6 Å². The van der Waals surface area contributed by atoms with E-state index in [0.29, 0.717) is 19.3 Å². The summed E-state index contributed by atoms with van der Waals surface area (Å²) in [6, 6.07) is 9.77. The fraction of sp³-hybridized carbons (Fsp3) is 0.574. The Balaban J connectivity index is 1.59. The number of hydrogen-bond acceptors (Lipinski definition) is 14. The number of hydroxylamine groups is 2. The lowest BCUT2D eigenvalue weighted by atomic mass is 9.93. The largest absolute Gasteiger partial charge is 0.508 e. The summed E-state index contributed by atoms with van der Waals surface area (Å²) in [6.07, 6.45) is 2.85. The number of phenolic OH excluding ortho intramolecular Hbond substituents is 1. The Morgan fingerprint density at radius 3 is 2.27 bits per heavy atom. The molecule has 0 saturated carbocycles. The predicted molar refractivity (Wildman–Crippen MR) is 246 cm³/mol. The minimum Gasteiger partial charge on any atom is -0.508 e. The van der Waals surface area contributed by atoms with E-state index in [1.807, 2.05) is 39.6 Å². The molecule has 2 heterocycles. The molecule has 1 aliphatic rings. The molecular formula is C47H66N6O12S. The molecule has 4 N–H and O–H groups in total. The highest BCUT2D eigenvalue weighted by atomic mass is 32.1. The molecule has 0 unspecified atom stereocenters. The van der Waals surface area contributed by atoms with Crippen molar-refractivity contribution < 1.29 is 53.4 Å². The van der Waals surface area contributed by atoms with Gasteiger partial charge in [-0.2, -0.15) is 0 Å². The number of carboxylic acids is 1. The Bertz CT molecular complexity index is 2070. The number of thiazole rings is 1. The number of esters is 1. The minimum absolute atomic E-state index is 0.0142. The lowest BCUT2D eigenvalue weighted by Crippen LogP contribution is -2.58. The van der Waals surface area contributed by atoms with Crippen molar-refractivity contribution >= 4 is 46.7 Å². The zero-order valence-corrected chi connectivity index (χ0v) is 39.8. The molecular weight excluding hydrogens is 873 g/mol. The number of nitrogens with zero attached hydrogens (tertiary/aromatic N) is 4. The number of piperidine rings is 1. The number of aromatic hydroxyl groups is 1. The maximum Gasteiger partial charge on any atom is 0.306 e. The van der Waals surface area contributed by atoms with Crippen LogP contribution in [0, 0.1) is 27.9 Å². The summed E-state index contributed by atoms with van der Waals surface area (Å²) >= 11 is 1.09. The number of nitro groups is 1. The van der Waals surface area contributed by atoms with Gasteiger partial charge >= 0.3 is 11.9 Å². The Kier molecular flexibility index (Phi) is 20.9. The number of carboxylic acid groups (broad SMARTS) is 1. The van der Waals surface area contributed by atoms with Crippen LogP contribution in [0.2, 0.25) is 0 Å². The predicted octanol–water partition coefficient (Wildman–Crippen LogP) is 6.61. The second-order valence-electron chi connectivity index (χ2n) is 17.4. The van der Waals surface area contributed by atoms with Crippen molar-refractivity contribution in [2.75, 3.05) is 26.8 Å². The van der Waals surface area contributed by atoms with Crippen LogP contribution in [0.25, 0.3) is 0 Å². The van der Waals surface area contributed by atoms with Gasteiger partial charge in [-0.05, 0) is 92.9 Å². The highest BCUT2D eigenvalue weighted by Crippen LogP contribution is 2.32. The average molecular weight is 939 g/mol. The van der Waals surface area contributed by atoms with Crippen LogP contribution in [0.3, 0.4) is 0 Å². The van der Waals surface area contributed by atoms with Crippen LogP contribution >= 0.6 is 11.3 Å². The van der Waals surface area contributed by atoms with E-state index >= 15 is 0 Å². The molecule has 1 saturated heterocycles. The molecule has 7 atom stereocenters. The average Bonchev–Trinajstić information content (AvgIpc) is 3.78. The number of amides is 3. The molecule has 1 aromatic heterocycles. The minimum atomic E-state index is -1.03. The van der Waals surface area contributed by atoms with Crippen molar-refractivity contribution in [1.29, 1.82) is 0 Å². The molecule has 18 nitrogen and oxygen atoms in total. The summed E-state index contributed by atoms with van der Waals surface area (Å²) in [5, 5.41) is 39.5. The Morgan fingerprint density at radius 1 is 0.985 bits per heavy atom. The molecule has 66 heavy (non-hydrogen) atoms.